The molecule has 204 valence electrons. The van der Waals surface area contributed by atoms with Crippen molar-refractivity contribution < 1.29 is 9.22 Å². The van der Waals surface area contributed by atoms with E-state index in [2.05, 4.69) is 119 Å². The van der Waals surface area contributed by atoms with Crippen molar-refractivity contribution in [2.24, 2.45) is 4.99 Å². The maximum Gasteiger partial charge on any atom is 0.261 e. The molecule has 0 aromatic heterocycles. The van der Waals surface area contributed by atoms with E-state index >= 15 is 0 Å². The van der Waals surface area contributed by atoms with Crippen molar-refractivity contribution in [3.63, 3.8) is 0 Å². The highest BCUT2D eigenvalue weighted by molar-refractivity contribution is 6.99. The Morgan fingerprint density at radius 3 is 1.95 bits per heavy atom. The van der Waals surface area contributed by atoms with Crippen molar-refractivity contribution in [3.05, 3.63) is 120 Å². The number of carbonyl (C=O) groups is 1. The summed E-state index contributed by atoms with van der Waals surface area (Å²) >= 11 is 0. The summed E-state index contributed by atoms with van der Waals surface area (Å²) in [5, 5.41) is 2.49. The summed E-state index contributed by atoms with van der Waals surface area (Å²) in [7, 11) is -2.60. The summed E-state index contributed by atoms with van der Waals surface area (Å²) in [6.07, 6.45) is 0.718. The van der Waals surface area contributed by atoms with Crippen LogP contribution in [-0.2, 0) is 15.8 Å². The number of benzene rings is 4. The van der Waals surface area contributed by atoms with Gasteiger partial charge in [0, 0.05) is 24.9 Å². The molecule has 0 bridgehead atoms. The summed E-state index contributed by atoms with van der Waals surface area (Å²) in [5.74, 6) is 0.0595. The molecule has 4 aromatic rings. The molecule has 40 heavy (non-hydrogen) atoms. The fourth-order valence-corrected chi connectivity index (χ4v) is 10.5. The van der Waals surface area contributed by atoms with Crippen LogP contribution in [0.25, 0.3) is 0 Å². The second-order valence-corrected chi connectivity index (χ2v) is 15.9. The van der Waals surface area contributed by atoms with E-state index in [4.69, 9.17) is 9.42 Å². The van der Waals surface area contributed by atoms with Gasteiger partial charge in [0.1, 0.15) is 0 Å². The van der Waals surface area contributed by atoms with Crippen LogP contribution in [0, 0.1) is 0 Å². The lowest BCUT2D eigenvalue weighted by Gasteiger charge is -2.43. The smallest absolute Gasteiger partial charge is 0.261 e. The number of amides is 1. The zero-order valence-corrected chi connectivity index (χ0v) is 25.1. The second-order valence-electron chi connectivity index (χ2n) is 11.6. The van der Waals surface area contributed by atoms with Gasteiger partial charge >= 0.3 is 0 Å². The minimum absolute atomic E-state index is 0.0595. The Balaban J connectivity index is 1.43. The Morgan fingerprint density at radius 2 is 1.40 bits per heavy atom. The molecule has 0 spiro atoms. The fourth-order valence-electron chi connectivity index (χ4n) is 6.01. The SMILES string of the molecule is CC(=O)N1c2ccccc2C(=Nc2ccc(CO[Si](c3ccccc3)(c3ccccc3)C(C)(C)C)cc2)CC1C. The number of hydrogen-bond acceptors (Lipinski definition) is 3. The van der Waals surface area contributed by atoms with Gasteiger partial charge in [-0.2, -0.15) is 0 Å². The summed E-state index contributed by atoms with van der Waals surface area (Å²) in [6.45, 7) is 11.1. The van der Waals surface area contributed by atoms with Crippen molar-refractivity contribution in [2.45, 2.75) is 58.7 Å². The molecular weight excluding hydrogens is 508 g/mol. The monoisotopic (exact) mass is 546 g/mol. The Kier molecular flexibility index (Phi) is 7.88. The van der Waals surface area contributed by atoms with Gasteiger partial charge in [0.25, 0.3) is 8.32 Å². The van der Waals surface area contributed by atoms with Gasteiger partial charge in [0.15, 0.2) is 0 Å². The maximum absolute atomic E-state index is 12.3. The first-order valence-corrected chi connectivity index (χ1v) is 15.9. The zero-order chi connectivity index (χ0) is 28.3. The Labute approximate surface area is 239 Å². The van der Waals surface area contributed by atoms with Crippen molar-refractivity contribution in [3.8, 4) is 0 Å². The van der Waals surface area contributed by atoms with Crippen LogP contribution in [-0.4, -0.2) is 26.0 Å². The van der Waals surface area contributed by atoms with E-state index in [1.54, 1.807) is 6.92 Å². The van der Waals surface area contributed by atoms with Gasteiger partial charge in [-0.1, -0.05) is 112 Å². The maximum atomic E-state index is 12.3. The first-order chi connectivity index (χ1) is 19.2. The van der Waals surface area contributed by atoms with Crippen LogP contribution >= 0.6 is 0 Å². The molecule has 0 saturated heterocycles. The first-order valence-electron chi connectivity index (χ1n) is 14.0. The summed E-state index contributed by atoms with van der Waals surface area (Å²) in [4.78, 5) is 19.2. The molecule has 0 fully saturated rings. The minimum Gasteiger partial charge on any atom is -0.403 e. The third kappa shape index (κ3) is 5.32. The number of nitrogens with zero attached hydrogens (tertiary/aromatic N) is 2. The third-order valence-electron chi connectivity index (χ3n) is 7.82. The van der Waals surface area contributed by atoms with E-state index in [1.165, 1.54) is 10.4 Å². The number of rotatable bonds is 6. The van der Waals surface area contributed by atoms with Crippen molar-refractivity contribution in [1.29, 1.82) is 0 Å². The number of fused-ring (bicyclic) bond motifs is 1. The molecule has 1 atom stereocenters. The average molecular weight is 547 g/mol. The second kappa shape index (κ2) is 11.4. The molecule has 4 aromatic carbocycles. The minimum atomic E-state index is -2.60. The Morgan fingerprint density at radius 1 is 0.850 bits per heavy atom. The lowest BCUT2D eigenvalue weighted by molar-refractivity contribution is -0.117. The third-order valence-corrected chi connectivity index (χ3v) is 12.8. The number of para-hydroxylation sites is 1. The van der Waals surface area contributed by atoms with Crippen LogP contribution < -0.4 is 15.3 Å². The molecule has 0 saturated carbocycles. The largest absolute Gasteiger partial charge is 0.403 e. The predicted molar refractivity (Wildman–Crippen MR) is 169 cm³/mol. The molecule has 1 unspecified atom stereocenters. The van der Waals surface area contributed by atoms with Crippen LogP contribution in [0.15, 0.2) is 114 Å². The average Bonchev–Trinajstić information content (AvgIpc) is 2.94. The molecule has 1 aliphatic heterocycles. The van der Waals surface area contributed by atoms with E-state index in [0.717, 1.165) is 34.6 Å². The number of hydrogen-bond donors (Lipinski definition) is 0. The molecule has 1 heterocycles. The molecular formula is C35H38N2O2Si. The Hall–Kier alpha value is -3.80. The lowest BCUT2D eigenvalue weighted by atomic mass is 9.94. The highest BCUT2D eigenvalue weighted by Gasteiger charge is 2.50. The molecule has 0 aliphatic carbocycles. The fraction of sp³-hybridized carbons (Fsp3) is 0.257. The van der Waals surface area contributed by atoms with Crippen LogP contribution in [0.2, 0.25) is 5.04 Å². The van der Waals surface area contributed by atoms with Gasteiger partial charge in [0.05, 0.1) is 23.7 Å². The van der Waals surface area contributed by atoms with Crippen LogP contribution in [0.3, 0.4) is 0 Å². The van der Waals surface area contributed by atoms with Crippen molar-refractivity contribution in [2.75, 3.05) is 4.90 Å². The number of anilines is 1. The van der Waals surface area contributed by atoms with Gasteiger partial charge in [-0.15, -0.1) is 0 Å². The van der Waals surface area contributed by atoms with E-state index in [9.17, 15) is 4.79 Å². The van der Waals surface area contributed by atoms with Crippen LogP contribution in [0.1, 0.15) is 52.2 Å². The number of carbonyl (C=O) groups excluding carboxylic acids is 1. The molecule has 5 heteroatoms. The molecule has 1 aliphatic rings. The van der Waals surface area contributed by atoms with Crippen molar-refractivity contribution >= 4 is 41.7 Å². The van der Waals surface area contributed by atoms with Gasteiger partial charge < -0.3 is 9.33 Å². The van der Waals surface area contributed by atoms with Crippen LogP contribution in [0.5, 0.6) is 0 Å². The van der Waals surface area contributed by atoms with Gasteiger partial charge in [-0.25, -0.2) is 0 Å². The van der Waals surface area contributed by atoms with Crippen LogP contribution in [0.4, 0.5) is 11.4 Å². The predicted octanol–water partition coefficient (Wildman–Crippen LogP) is 7.03. The first kappa shape index (κ1) is 27.8. The molecule has 4 nitrogen and oxygen atoms in total. The van der Waals surface area contributed by atoms with Gasteiger partial charge in [0.2, 0.25) is 5.91 Å². The highest BCUT2D eigenvalue weighted by atomic mass is 28.4. The van der Waals surface area contributed by atoms with E-state index in [1.807, 2.05) is 23.1 Å². The zero-order valence-electron chi connectivity index (χ0n) is 24.1. The molecule has 0 radical (unpaired) electrons. The van der Waals surface area contributed by atoms with Gasteiger partial charge in [-0.05, 0) is 46.1 Å². The molecule has 5 rings (SSSR count). The standard InChI is InChI=1S/C35H38N2O2Si/c1-26-24-33(32-18-12-13-19-34(32)37(26)27(2)38)36-29-22-20-28(21-23-29)25-39-40(35(3,4)5,30-14-8-6-9-15-30)31-16-10-7-11-17-31/h6-23,26H,24-25H2,1-5H3. The quantitative estimate of drug-likeness (QED) is 0.244. The Bertz CT molecular complexity index is 1450. The highest BCUT2D eigenvalue weighted by Crippen LogP contribution is 2.37. The number of aliphatic imine (C=N–C) groups is 1. The summed E-state index contributed by atoms with van der Waals surface area (Å²) in [6, 6.07) is 38.0. The van der Waals surface area contributed by atoms with E-state index < -0.39 is 8.32 Å². The van der Waals surface area contributed by atoms with Crippen molar-refractivity contribution in [1.82, 2.24) is 0 Å². The lowest BCUT2D eigenvalue weighted by Crippen LogP contribution is -2.66. The topological polar surface area (TPSA) is 41.9 Å². The van der Waals surface area contributed by atoms with E-state index in [0.29, 0.717) is 6.61 Å². The molecule has 0 N–H and O–H groups in total. The normalized spacial score (nSPS) is 16.6. The molecule has 1 amide bonds. The summed E-state index contributed by atoms with van der Waals surface area (Å²) < 4.78 is 7.10. The van der Waals surface area contributed by atoms with E-state index in [-0.39, 0.29) is 17.0 Å². The van der Waals surface area contributed by atoms with Gasteiger partial charge in [-0.3, -0.25) is 9.79 Å². The summed E-state index contributed by atoms with van der Waals surface area (Å²) in [5.41, 5.74) is 4.99.